The summed E-state index contributed by atoms with van der Waals surface area (Å²) in [5.74, 6) is -4.09. The lowest BCUT2D eigenvalue weighted by molar-refractivity contribution is -0.138. The molecule has 25 nitrogen and oxygen atoms in total. The monoisotopic (exact) mass is 1100 g/mol. The van der Waals surface area contributed by atoms with Crippen LogP contribution in [0.1, 0.15) is 107 Å². The second-order valence-electron chi connectivity index (χ2n) is 20.2. The molecule has 1 saturated carbocycles. The van der Waals surface area contributed by atoms with Gasteiger partial charge in [-0.25, -0.2) is 9.79 Å². The van der Waals surface area contributed by atoms with Gasteiger partial charge in [-0.15, -0.1) is 0 Å². The zero-order valence-corrected chi connectivity index (χ0v) is 45.0. The summed E-state index contributed by atoms with van der Waals surface area (Å²) in [5, 5.41) is 25.3. The Labute approximate surface area is 458 Å². The molecule has 3 aliphatic heterocycles. The molecule has 1 aromatic carbocycles. The molecular formula is C54H73N13O12. The smallest absolute Gasteiger partial charge is 0.312 e. The van der Waals surface area contributed by atoms with Crippen LogP contribution in [0, 0.1) is 5.92 Å². The summed E-state index contributed by atoms with van der Waals surface area (Å²) in [6, 6.07) is 4.37. The second kappa shape index (κ2) is 28.5. The van der Waals surface area contributed by atoms with Gasteiger partial charge in [0, 0.05) is 87.5 Å². The van der Waals surface area contributed by atoms with Crippen molar-refractivity contribution in [3.05, 3.63) is 70.6 Å². The number of aliphatic hydroxyl groups excluding tert-OH is 1. The Morgan fingerprint density at radius 2 is 1.67 bits per heavy atom. The number of amidine groups is 1. The highest BCUT2D eigenvalue weighted by atomic mass is 16.5. The lowest BCUT2D eigenvalue weighted by Gasteiger charge is -2.28. The molecule has 2 aromatic rings. The number of aliphatic hydroxyl groups is 1. The Balaban J connectivity index is 0.941. The van der Waals surface area contributed by atoms with Gasteiger partial charge < -0.3 is 63.0 Å². The number of nitrogens with zero attached hydrogens (tertiary/aromatic N) is 5. The van der Waals surface area contributed by atoms with E-state index >= 15 is 0 Å². The third kappa shape index (κ3) is 17.0. The van der Waals surface area contributed by atoms with Crippen molar-refractivity contribution in [3.8, 4) is 0 Å². The molecule has 4 heterocycles. The van der Waals surface area contributed by atoms with E-state index in [2.05, 4.69) is 41.9 Å². The molecule has 1 aliphatic carbocycles. The molecule has 6 rings (SSSR count). The summed E-state index contributed by atoms with van der Waals surface area (Å²) in [7, 11) is 0. The van der Waals surface area contributed by atoms with Gasteiger partial charge in [-0.3, -0.25) is 53.0 Å². The highest BCUT2D eigenvalue weighted by molar-refractivity contribution is 6.13. The molecule has 1 fully saturated rings. The first kappa shape index (κ1) is 60.2. The highest BCUT2D eigenvalue weighted by Gasteiger charge is 2.51. The van der Waals surface area contributed by atoms with Crippen LogP contribution in [0.15, 0.2) is 53.2 Å². The van der Waals surface area contributed by atoms with Crippen LogP contribution < -0.4 is 43.4 Å². The molecule has 0 radical (unpaired) electrons. The Morgan fingerprint density at radius 3 is 2.37 bits per heavy atom. The molecule has 0 bridgehead atoms. The number of imide groups is 1. The predicted octanol–water partition coefficient (Wildman–Crippen LogP) is 0.409. The number of amides is 11. The maximum absolute atomic E-state index is 14.0. The molecule has 79 heavy (non-hydrogen) atoms. The number of rotatable bonds is 29. The van der Waals surface area contributed by atoms with Gasteiger partial charge in [-0.2, -0.15) is 0 Å². The van der Waals surface area contributed by atoms with Crippen molar-refractivity contribution >= 4 is 82.5 Å². The van der Waals surface area contributed by atoms with E-state index in [9.17, 15) is 53.1 Å². The van der Waals surface area contributed by atoms with Crippen LogP contribution in [-0.4, -0.2) is 161 Å². The van der Waals surface area contributed by atoms with Crippen LogP contribution in [0.3, 0.4) is 0 Å². The van der Waals surface area contributed by atoms with E-state index in [4.69, 9.17) is 16.2 Å². The van der Waals surface area contributed by atoms with Crippen LogP contribution in [-0.2, 0) is 66.3 Å². The highest BCUT2D eigenvalue weighted by Crippen LogP contribution is 2.50. The fourth-order valence-electron chi connectivity index (χ4n) is 9.39. The van der Waals surface area contributed by atoms with Gasteiger partial charge >= 0.3 is 6.03 Å². The van der Waals surface area contributed by atoms with E-state index in [-0.39, 0.29) is 113 Å². The van der Waals surface area contributed by atoms with Gasteiger partial charge in [0.2, 0.25) is 41.4 Å². The lowest BCUT2D eigenvalue weighted by Crippen LogP contribution is -2.56. The number of unbranched alkanes of at least 4 members (excludes halogenated alkanes) is 2. The molecule has 25 heteroatoms. The molecule has 11 amide bonds. The number of nitrogens with two attached hydrogens (primary N) is 2. The van der Waals surface area contributed by atoms with E-state index in [0.717, 1.165) is 28.1 Å². The summed E-state index contributed by atoms with van der Waals surface area (Å²) in [6.45, 7) is 5.58. The maximum atomic E-state index is 14.0. The number of nitrogens with one attached hydrogen (secondary N) is 6. The summed E-state index contributed by atoms with van der Waals surface area (Å²) in [6.07, 6.45) is 10.1. The first-order chi connectivity index (χ1) is 37.8. The molecule has 0 spiro atoms. The minimum Gasteiger partial charge on any atom is -0.395 e. The second-order valence-corrected chi connectivity index (χ2v) is 20.2. The predicted molar refractivity (Wildman–Crippen MR) is 289 cm³/mol. The van der Waals surface area contributed by atoms with Crippen molar-refractivity contribution in [2.45, 2.75) is 115 Å². The van der Waals surface area contributed by atoms with Crippen LogP contribution in [0.5, 0.6) is 0 Å². The van der Waals surface area contributed by atoms with Crippen LogP contribution >= 0.6 is 0 Å². The number of hydrogen-bond acceptors (Lipinski definition) is 15. The van der Waals surface area contributed by atoms with Crippen molar-refractivity contribution in [2.24, 2.45) is 22.4 Å². The van der Waals surface area contributed by atoms with Crippen LogP contribution in [0.4, 0.5) is 16.2 Å². The van der Waals surface area contributed by atoms with E-state index in [0.29, 0.717) is 74.1 Å². The maximum Gasteiger partial charge on any atom is 0.312 e. The summed E-state index contributed by atoms with van der Waals surface area (Å²) in [4.78, 5) is 141. The number of anilines is 1. The molecule has 4 aliphatic rings. The Kier molecular flexibility index (Phi) is 21.7. The molecule has 11 N–H and O–H groups in total. The quantitative estimate of drug-likeness (QED) is 0.0303. The van der Waals surface area contributed by atoms with Crippen molar-refractivity contribution in [2.75, 3.05) is 64.5 Å². The fourth-order valence-corrected chi connectivity index (χ4v) is 9.39. The van der Waals surface area contributed by atoms with Gasteiger partial charge in [0.15, 0.2) is 0 Å². The van der Waals surface area contributed by atoms with Crippen LogP contribution in [0.2, 0.25) is 0 Å². The number of aromatic nitrogens is 1. The SMILES string of the molecule is CCCN(CCO)C(=O)C1=Cc2ccc(C3(C(=O)Nc4cnc5c(c4)CN(C(=O)COCNC(=O)CNC(=O)[C@H](CCCNC(N)=O)NC(=O)[C@@H](NC(=O)CCCCCN4C(=O)C=CC4=O)C(C)C)CC5)CC3)cc2N=C(N)C1. The van der Waals surface area contributed by atoms with Crippen molar-refractivity contribution < 1.29 is 57.8 Å². The third-order valence-corrected chi connectivity index (χ3v) is 13.9. The number of primary amides is 1. The molecule has 1 aromatic heterocycles. The van der Waals surface area contributed by atoms with Crippen molar-refractivity contribution in [1.29, 1.82) is 0 Å². The number of hydrogen-bond donors (Lipinski definition) is 9. The Bertz CT molecular complexity index is 2710. The molecular weight excluding hydrogens is 1020 g/mol. The number of carbonyl (C=O) groups is 10. The molecule has 0 saturated heterocycles. The molecule has 426 valence electrons. The standard InChI is InChI=1S/C54H73N13O12/c1-4-19-65(22-23-68)51(76)35-24-34-11-12-37(27-41(34)62-42(55)26-35)54(16-17-54)52(77)61-38-25-36-30-66(21-15-39(36)58-28-38)47(73)31-79-32-60-44(70)29-59-49(74)40(9-8-18-57-53(56)78)63-50(75)48(33(2)3)64-43(69)10-6-5-7-20-67-45(71)13-14-46(67)72/h11-14,24-25,27-28,33,40,48,68H,4-10,15-23,26,29-32H2,1-3H3,(H2,55,62)(H,59,74)(H,60,70)(H,61,77)(H,63,75)(H,64,69)(H3,56,57,78)/t40-,48-/m0/s1. The number of urea groups is 1. The summed E-state index contributed by atoms with van der Waals surface area (Å²) < 4.78 is 5.48. The van der Waals surface area contributed by atoms with Crippen molar-refractivity contribution in [3.63, 3.8) is 0 Å². The number of aliphatic imine (C=N–C) groups is 1. The number of benzene rings is 1. The largest absolute Gasteiger partial charge is 0.395 e. The van der Waals surface area contributed by atoms with Gasteiger partial charge in [0.05, 0.1) is 36.1 Å². The number of ether oxygens (including phenoxy) is 1. The molecule has 2 atom stereocenters. The van der Waals surface area contributed by atoms with E-state index in [1.54, 1.807) is 42.0 Å². The summed E-state index contributed by atoms with van der Waals surface area (Å²) >= 11 is 0. The third-order valence-electron chi connectivity index (χ3n) is 13.9. The number of fused-ring (bicyclic) bond motifs is 2. The first-order valence-electron chi connectivity index (χ1n) is 26.8. The van der Waals surface area contributed by atoms with Gasteiger partial charge in [-0.05, 0) is 80.2 Å². The summed E-state index contributed by atoms with van der Waals surface area (Å²) in [5.41, 5.74) is 15.1. The number of carbonyl (C=O) groups excluding carboxylic acids is 10. The van der Waals surface area contributed by atoms with E-state index in [1.807, 2.05) is 25.1 Å². The van der Waals surface area contributed by atoms with Gasteiger partial charge in [-0.1, -0.05) is 39.3 Å². The average molecular weight is 1100 g/mol. The lowest BCUT2D eigenvalue weighted by atomic mass is 9.92. The van der Waals surface area contributed by atoms with E-state index < -0.39 is 53.7 Å². The minimum absolute atomic E-state index is 0.0375. The van der Waals surface area contributed by atoms with E-state index in [1.165, 1.54) is 12.2 Å². The normalized spacial score (nSPS) is 15.8. The average Bonchev–Trinajstić information content (AvgIpc) is 4.41. The number of pyridine rings is 1. The minimum atomic E-state index is -1.17. The Morgan fingerprint density at radius 1 is 0.911 bits per heavy atom. The van der Waals surface area contributed by atoms with Crippen molar-refractivity contribution in [1.82, 2.24) is 46.3 Å². The zero-order chi connectivity index (χ0) is 57.2. The van der Waals surface area contributed by atoms with Crippen LogP contribution in [0.25, 0.3) is 6.08 Å². The fraction of sp³-hybridized carbons (Fsp3) is 0.519. The zero-order valence-electron chi connectivity index (χ0n) is 45.0. The van der Waals surface area contributed by atoms with Gasteiger partial charge in [0.25, 0.3) is 11.8 Å². The first-order valence-corrected chi connectivity index (χ1v) is 26.8. The topological polar surface area (TPSA) is 359 Å². The van der Waals surface area contributed by atoms with Gasteiger partial charge in [0.1, 0.15) is 31.3 Å². The molecule has 0 unspecified atom stereocenters. The Hall–Kier alpha value is -8.06.